The zero-order chi connectivity index (χ0) is 14.1. The molecule has 0 radical (unpaired) electrons. The van der Waals surface area contributed by atoms with Gasteiger partial charge in [0.05, 0.1) is 0 Å². The first-order chi connectivity index (χ1) is 9.72. The Bertz CT molecular complexity index is 751. The molecule has 20 heavy (non-hydrogen) atoms. The Labute approximate surface area is 119 Å². The van der Waals surface area contributed by atoms with Crippen molar-refractivity contribution in [2.45, 2.75) is 19.8 Å². The average Bonchev–Trinajstić information content (AvgIpc) is 2.76. The molecule has 0 aliphatic rings. The molecule has 2 aromatic carbocycles. The SMILES string of the molecule is CCCc1nc(-c2cccc3ccccc23)c(N)n1C. The van der Waals surface area contributed by atoms with Crippen LogP contribution in [0.4, 0.5) is 5.82 Å². The number of nitrogen functional groups attached to an aromatic ring is 1. The van der Waals surface area contributed by atoms with Crippen LogP contribution in [0.5, 0.6) is 0 Å². The van der Waals surface area contributed by atoms with E-state index in [1.54, 1.807) is 0 Å². The van der Waals surface area contributed by atoms with Crippen LogP contribution >= 0.6 is 0 Å². The third-order valence-corrected chi connectivity index (χ3v) is 3.75. The van der Waals surface area contributed by atoms with Crippen molar-refractivity contribution in [2.75, 3.05) is 5.73 Å². The van der Waals surface area contributed by atoms with Crippen LogP contribution in [0.15, 0.2) is 42.5 Å². The Balaban J connectivity index is 2.23. The van der Waals surface area contributed by atoms with Crippen molar-refractivity contribution in [1.29, 1.82) is 0 Å². The van der Waals surface area contributed by atoms with E-state index in [0.717, 1.165) is 35.7 Å². The number of aromatic nitrogens is 2. The van der Waals surface area contributed by atoms with Gasteiger partial charge in [-0.1, -0.05) is 49.4 Å². The van der Waals surface area contributed by atoms with E-state index in [2.05, 4.69) is 49.4 Å². The molecule has 0 fully saturated rings. The molecule has 0 atom stereocenters. The van der Waals surface area contributed by atoms with Crippen molar-refractivity contribution in [2.24, 2.45) is 7.05 Å². The van der Waals surface area contributed by atoms with Gasteiger partial charge in [-0.3, -0.25) is 0 Å². The van der Waals surface area contributed by atoms with Crippen LogP contribution in [0.25, 0.3) is 22.0 Å². The lowest BCUT2D eigenvalue weighted by atomic mass is 10.0. The molecule has 3 nitrogen and oxygen atoms in total. The third-order valence-electron chi connectivity index (χ3n) is 3.75. The highest BCUT2D eigenvalue weighted by molar-refractivity contribution is 5.97. The molecular formula is C17H19N3. The summed E-state index contributed by atoms with van der Waals surface area (Å²) in [5, 5.41) is 2.41. The summed E-state index contributed by atoms with van der Waals surface area (Å²) in [5.41, 5.74) is 8.26. The average molecular weight is 265 g/mol. The Morgan fingerprint density at radius 2 is 1.85 bits per heavy atom. The fourth-order valence-electron chi connectivity index (χ4n) is 2.64. The third kappa shape index (κ3) is 1.95. The van der Waals surface area contributed by atoms with Crippen molar-refractivity contribution in [3.63, 3.8) is 0 Å². The van der Waals surface area contributed by atoms with E-state index in [9.17, 15) is 0 Å². The van der Waals surface area contributed by atoms with Crippen LogP contribution in [0.3, 0.4) is 0 Å². The summed E-state index contributed by atoms with van der Waals surface area (Å²) in [6.45, 7) is 2.16. The molecule has 0 saturated carbocycles. The number of nitrogens with two attached hydrogens (primary N) is 1. The molecule has 0 unspecified atom stereocenters. The quantitative estimate of drug-likeness (QED) is 0.783. The molecule has 2 N–H and O–H groups in total. The van der Waals surface area contributed by atoms with E-state index < -0.39 is 0 Å². The van der Waals surface area contributed by atoms with Crippen molar-refractivity contribution < 1.29 is 0 Å². The van der Waals surface area contributed by atoms with Crippen LogP contribution < -0.4 is 5.73 Å². The number of hydrogen-bond donors (Lipinski definition) is 1. The van der Waals surface area contributed by atoms with E-state index >= 15 is 0 Å². The number of aryl methyl sites for hydroxylation is 1. The van der Waals surface area contributed by atoms with Gasteiger partial charge in [0.2, 0.25) is 0 Å². The van der Waals surface area contributed by atoms with Crippen LogP contribution in [-0.2, 0) is 13.5 Å². The highest BCUT2D eigenvalue weighted by Crippen LogP contribution is 2.32. The minimum Gasteiger partial charge on any atom is -0.383 e. The number of imidazole rings is 1. The summed E-state index contributed by atoms with van der Waals surface area (Å²) in [5.74, 6) is 1.79. The molecule has 0 aliphatic carbocycles. The summed E-state index contributed by atoms with van der Waals surface area (Å²) >= 11 is 0. The first-order valence-corrected chi connectivity index (χ1v) is 7.01. The molecule has 1 heterocycles. The lowest BCUT2D eigenvalue weighted by Gasteiger charge is -2.05. The van der Waals surface area contributed by atoms with Crippen LogP contribution in [0.2, 0.25) is 0 Å². The molecular weight excluding hydrogens is 246 g/mol. The van der Waals surface area contributed by atoms with Gasteiger partial charge in [-0.25, -0.2) is 4.98 Å². The standard InChI is InChI=1S/C17H19N3/c1-3-7-15-19-16(17(18)20(15)2)14-11-6-9-12-8-4-5-10-13(12)14/h4-6,8-11H,3,7,18H2,1-2H3. The molecule has 102 valence electrons. The number of hydrogen-bond acceptors (Lipinski definition) is 2. The van der Waals surface area contributed by atoms with Crippen LogP contribution in [0, 0.1) is 0 Å². The van der Waals surface area contributed by atoms with E-state index in [-0.39, 0.29) is 0 Å². The zero-order valence-electron chi connectivity index (χ0n) is 11.9. The predicted molar refractivity (Wildman–Crippen MR) is 84.6 cm³/mol. The molecule has 3 aromatic rings. The lowest BCUT2D eigenvalue weighted by molar-refractivity contribution is 0.764. The van der Waals surface area contributed by atoms with Gasteiger partial charge in [-0.15, -0.1) is 0 Å². The number of nitrogens with zero attached hydrogens (tertiary/aromatic N) is 2. The lowest BCUT2D eigenvalue weighted by Crippen LogP contribution is -2.01. The second-order valence-electron chi connectivity index (χ2n) is 5.10. The van der Waals surface area contributed by atoms with Crippen LogP contribution in [0.1, 0.15) is 19.2 Å². The van der Waals surface area contributed by atoms with Gasteiger partial charge in [-0.2, -0.15) is 0 Å². The number of fused-ring (bicyclic) bond motifs is 1. The highest BCUT2D eigenvalue weighted by atomic mass is 15.1. The Morgan fingerprint density at radius 3 is 2.65 bits per heavy atom. The van der Waals surface area contributed by atoms with E-state index in [1.165, 1.54) is 10.8 Å². The predicted octanol–water partition coefficient (Wildman–Crippen LogP) is 3.78. The van der Waals surface area contributed by atoms with Crippen molar-refractivity contribution in [1.82, 2.24) is 9.55 Å². The summed E-state index contributed by atoms with van der Waals surface area (Å²) in [4.78, 5) is 4.76. The molecule has 0 saturated heterocycles. The topological polar surface area (TPSA) is 43.8 Å². The molecule has 0 amide bonds. The smallest absolute Gasteiger partial charge is 0.131 e. The van der Waals surface area contributed by atoms with Crippen molar-refractivity contribution in [3.05, 3.63) is 48.3 Å². The minimum atomic E-state index is 0.741. The van der Waals surface area contributed by atoms with Gasteiger partial charge in [0.1, 0.15) is 17.3 Å². The first-order valence-electron chi connectivity index (χ1n) is 7.01. The maximum Gasteiger partial charge on any atom is 0.131 e. The number of rotatable bonds is 3. The maximum atomic E-state index is 6.26. The Kier molecular flexibility index (Phi) is 3.18. The fraction of sp³-hybridized carbons (Fsp3) is 0.235. The molecule has 0 aliphatic heterocycles. The molecule has 0 bridgehead atoms. The zero-order valence-corrected chi connectivity index (χ0v) is 11.9. The van der Waals surface area contributed by atoms with E-state index in [4.69, 9.17) is 10.7 Å². The summed E-state index contributed by atoms with van der Waals surface area (Å²) < 4.78 is 2.00. The first kappa shape index (κ1) is 12.7. The molecule has 1 aromatic heterocycles. The van der Waals surface area contributed by atoms with Gasteiger partial charge in [0.25, 0.3) is 0 Å². The minimum absolute atomic E-state index is 0.741. The number of anilines is 1. The van der Waals surface area contributed by atoms with Gasteiger partial charge < -0.3 is 10.3 Å². The van der Waals surface area contributed by atoms with Gasteiger partial charge >= 0.3 is 0 Å². The molecule has 3 heteroatoms. The largest absolute Gasteiger partial charge is 0.383 e. The summed E-state index contributed by atoms with van der Waals surface area (Å²) in [6, 6.07) is 14.6. The highest BCUT2D eigenvalue weighted by Gasteiger charge is 2.14. The van der Waals surface area contributed by atoms with Crippen LogP contribution in [-0.4, -0.2) is 9.55 Å². The normalized spacial score (nSPS) is 11.1. The van der Waals surface area contributed by atoms with Crippen molar-refractivity contribution >= 4 is 16.6 Å². The van der Waals surface area contributed by atoms with E-state index in [1.807, 2.05) is 11.6 Å². The second-order valence-corrected chi connectivity index (χ2v) is 5.10. The maximum absolute atomic E-state index is 6.26. The van der Waals surface area contributed by atoms with E-state index in [0.29, 0.717) is 0 Å². The monoisotopic (exact) mass is 265 g/mol. The molecule has 3 rings (SSSR count). The number of benzene rings is 2. The summed E-state index contributed by atoms with van der Waals surface area (Å²) in [6.07, 6.45) is 2.02. The Morgan fingerprint density at radius 1 is 1.10 bits per heavy atom. The Hall–Kier alpha value is -2.29. The van der Waals surface area contributed by atoms with Gasteiger partial charge in [-0.05, 0) is 17.2 Å². The van der Waals surface area contributed by atoms with Crippen molar-refractivity contribution in [3.8, 4) is 11.3 Å². The second kappa shape index (κ2) is 5.00. The molecule has 0 spiro atoms. The summed E-state index contributed by atoms with van der Waals surface area (Å²) in [7, 11) is 1.99. The van der Waals surface area contributed by atoms with Gasteiger partial charge in [0, 0.05) is 19.0 Å². The van der Waals surface area contributed by atoms with Gasteiger partial charge in [0.15, 0.2) is 0 Å². The fourth-order valence-corrected chi connectivity index (χ4v) is 2.64.